The molecular weight excluding hydrogens is 228 g/mol. The molecule has 0 radical (unpaired) electrons. The molecule has 0 saturated heterocycles. The molecular formula is C14H24N2O2. The molecule has 1 heterocycles. The molecule has 1 aliphatic rings. The highest BCUT2D eigenvalue weighted by Gasteiger charge is 2.23. The minimum absolute atomic E-state index is 0.337. The smallest absolute Gasteiger partial charge is 0.0907 e. The summed E-state index contributed by atoms with van der Waals surface area (Å²) in [5, 5.41) is 14.7. The second-order valence-electron chi connectivity index (χ2n) is 5.69. The van der Waals surface area contributed by atoms with E-state index >= 15 is 0 Å². The number of nitrogens with zero attached hydrogens (tertiary/aromatic N) is 2. The van der Waals surface area contributed by atoms with Gasteiger partial charge >= 0.3 is 0 Å². The van der Waals surface area contributed by atoms with Gasteiger partial charge in [0.15, 0.2) is 0 Å². The van der Waals surface area contributed by atoms with E-state index in [1.54, 1.807) is 14.0 Å². The van der Waals surface area contributed by atoms with Gasteiger partial charge in [-0.2, -0.15) is 5.10 Å². The molecule has 1 unspecified atom stereocenters. The number of rotatable bonds is 5. The lowest BCUT2D eigenvalue weighted by Crippen LogP contribution is -2.33. The van der Waals surface area contributed by atoms with Gasteiger partial charge in [0.1, 0.15) is 0 Å². The molecule has 0 aromatic carbocycles. The maximum Gasteiger partial charge on any atom is 0.0907 e. The highest BCUT2D eigenvalue weighted by atomic mass is 16.5. The Morgan fingerprint density at radius 3 is 2.83 bits per heavy atom. The van der Waals surface area contributed by atoms with Crippen molar-refractivity contribution in [2.24, 2.45) is 0 Å². The number of hydrogen-bond acceptors (Lipinski definition) is 3. The Bertz CT molecular complexity index is 368. The maximum atomic E-state index is 10.1. The fourth-order valence-corrected chi connectivity index (χ4v) is 2.77. The van der Waals surface area contributed by atoms with Gasteiger partial charge < -0.3 is 9.84 Å². The lowest BCUT2D eigenvalue weighted by molar-refractivity contribution is -0.0168. The molecule has 1 aromatic rings. The molecule has 2 rings (SSSR count). The van der Waals surface area contributed by atoms with E-state index in [9.17, 15) is 5.11 Å². The lowest BCUT2D eigenvalue weighted by Gasteiger charge is -2.22. The Hall–Kier alpha value is -0.870. The zero-order valence-electron chi connectivity index (χ0n) is 11.4. The first-order chi connectivity index (χ1) is 8.61. The minimum atomic E-state index is -0.833. The van der Waals surface area contributed by atoms with Gasteiger partial charge in [-0.25, -0.2) is 0 Å². The van der Waals surface area contributed by atoms with Crippen LogP contribution in [0.1, 0.15) is 50.8 Å². The summed E-state index contributed by atoms with van der Waals surface area (Å²) in [4.78, 5) is 0. The molecule has 0 spiro atoms. The largest absolute Gasteiger partial charge is 0.387 e. The van der Waals surface area contributed by atoms with Crippen molar-refractivity contribution in [2.45, 2.75) is 57.1 Å². The van der Waals surface area contributed by atoms with Crippen molar-refractivity contribution in [3.8, 4) is 0 Å². The molecule has 1 aromatic heterocycles. The first kappa shape index (κ1) is 13.6. The van der Waals surface area contributed by atoms with Crippen LogP contribution < -0.4 is 0 Å². The summed E-state index contributed by atoms with van der Waals surface area (Å²) in [5.74, 6) is 0. The highest BCUT2D eigenvalue weighted by Crippen LogP contribution is 2.27. The summed E-state index contributed by atoms with van der Waals surface area (Å²) in [6, 6.07) is 2.57. The number of methoxy groups -OCH3 is 1. The molecule has 1 aliphatic carbocycles. The van der Waals surface area contributed by atoms with Crippen molar-refractivity contribution in [1.29, 1.82) is 0 Å². The van der Waals surface area contributed by atoms with Crippen LogP contribution in [0.4, 0.5) is 0 Å². The van der Waals surface area contributed by atoms with Crippen molar-refractivity contribution in [3.05, 3.63) is 18.0 Å². The number of hydrogen-bond donors (Lipinski definition) is 1. The van der Waals surface area contributed by atoms with E-state index in [2.05, 4.69) is 9.78 Å². The Morgan fingerprint density at radius 1 is 1.44 bits per heavy atom. The first-order valence-electron chi connectivity index (χ1n) is 6.86. The van der Waals surface area contributed by atoms with E-state index in [-0.39, 0.29) is 0 Å². The molecule has 4 heteroatoms. The predicted molar refractivity (Wildman–Crippen MR) is 70.6 cm³/mol. The molecule has 1 N–H and O–H groups in total. The van der Waals surface area contributed by atoms with E-state index < -0.39 is 5.60 Å². The predicted octanol–water partition coefficient (Wildman–Crippen LogP) is 2.33. The maximum absolute atomic E-state index is 10.1. The summed E-state index contributed by atoms with van der Waals surface area (Å²) in [5.41, 5.74) is 0.114. The van der Waals surface area contributed by atoms with Gasteiger partial charge in [0, 0.05) is 19.7 Å². The van der Waals surface area contributed by atoms with E-state index in [0.29, 0.717) is 19.1 Å². The van der Waals surface area contributed by atoms with Crippen LogP contribution in [-0.2, 0) is 11.2 Å². The van der Waals surface area contributed by atoms with E-state index in [4.69, 9.17) is 4.74 Å². The Kier molecular flexibility index (Phi) is 4.40. The van der Waals surface area contributed by atoms with Crippen LogP contribution in [-0.4, -0.2) is 34.2 Å². The molecule has 0 bridgehead atoms. The van der Waals surface area contributed by atoms with Crippen LogP contribution in [0.25, 0.3) is 0 Å². The summed E-state index contributed by atoms with van der Waals surface area (Å²) in [6.07, 6.45) is 9.02. The van der Waals surface area contributed by atoms with Crippen LogP contribution in [0, 0.1) is 0 Å². The van der Waals surface area contributed by atoms with Gasteiger partial charge in [-0.15, -0.1) is 0 Å². The molecule has 102 valence electrons. The molecule has 1 saturated carbocycles. The van der Waals surface area contributed by atoms with Crippen molar-refractivity contribution in [1.82, 2.24) is 9.78 Å². The second-order valence-corrected chi connectivity index (χ2v) is 5.69. The molecule has 0 amide bonds. The monoisotopic (exact) mass is 252 g/mol. The Balaban J connectivity index is 1.97. The van der Waals surface area contributed by atoms with E-state index in [1.165, 1.54) is 32.1 Å². The molecule has 1 atom stereocenters. The summed E-state index contributed by atoms with van der Waals surface area (Å²) in [6.45, 7) is 2.12. The van der Waals surface area contributed by atoms with E-state index in [1.807, 2.05) is 12.3 Å². The molecule has 1 fully saturated rings. The van der Waals surface area contributed by atoms with Gasteiger partial charge in [-0.1, -0.05) is 19.3 Å². The fraction of sp³-hybridized carbons (Fsp3) is 0.786. The zero-order valence-corrected chi connectivity index (χ0v) is 11.4. The topological polar surface area (TPSA) is 47.3 Å². The van der Waals surface area contributed by atoms with Crippen molar-refractivity contribution < 1.29 is 9.84 Å². The third kappa shape index (κ3) is 3.56. The van der Waals surface area contributed by atoms with Crippen LogP contribution in [0.3, 0.4) is 0 Å². The van der Waals surface area contributed by atoms with Crippen molar-refractivity contribution in [2.75, 3.05) is 13.7 Å². The minimum Gasteiger partial charge on any atom is -0.387 e. The SMILES string of the molecule is COCC(C)(O)Cc1ccn(C2CCCCC2)n1. The Morgan fingerprint density at radius 2 is 2.17 bits per heavy atom. The summed E-state index contributed by atoms with van der Waals surface area (Å²) >= 11 is 0. The average Bonchev–Trinajstić information content (AvgIpc) is 2.77. The highest BCUT2D eigenvalue weighted by molar-refractivity contribution is 5.04. The van der Waals surface area contributed by atoms with Crippen LogP contribution >= 0.6 is 0 Å². The van der Waals surface area contributed by atoms with Crippen LogP contribution in [0.5, 0.6) is 0 Å². The fourth-order valence-electron chi connectivity index (χ4n) is 2.77. The lowest BCUT2D eigenvalue weighted by atomic mass is 9.96. The first-order valence-corrected chi connectivity index (χ1v) is 6.86. The van der Waals surface area contributed by atoms with Crippen LogP contribution in [0.15, 0.2) is 12.3 Å². The van der Waals surface area contributed by atoms with Gasteiger partial charge in [0.05, 0.1) is 23.9 Å². The Labute approximate surface area is 109 Å². The average molecular weight is 252 g/mol. The number of aromatic nitrogens is 2. The van der Waals surface area contributed by atoms with Gasteiger partial charge in [0.25, 0.3) is 0 Å². The normalized spacial score (nSPS) is 20.8. The molecule has 0 aliphatic heterocycles. The number of ether oxygens (including phenoxy) is 1. The summed E-state index contributed by atoms with van der Waals surface area (Å²) < 4.78 is 7.10. The van der Waals surface area contributed by atoms with Crippen molar-refractivity contribution in [3.63, 3.8) is 0 Å². The molecule has 4 nitrogen and oxygen atoms in total. The second kappa shape index (κ2) is 5.85. The van der Waals surface area contributed by atoms with Gasteiger partial charge in [-0.05, 0) is 25.8 Å². The quantitative estimate of drug-likeness (QED) is 0.875. The third-order valence-corrected chi connectivity index (χ3v) is 3.63. The van der Waals surface area contributed by atoms with Crippen molar-refractivity contribution >= 4 is 0 Å². The van der Waals surface area contributed by atoms with Crippen LogP contribution in [0.2, 0.25) is 0 Å². The molecule has 18 heavy (non-hydrogen) atoms. The van der Waals surface area contributed by atoms with Gasteiger partial charge in [-0.3, -0.25) is 4.68 Å². The van der Waals surface area contributed by atoms with Gasteiger partial charge in [0.2, 0.25) is 0 Å². The zero-order chi connectivity index (χ0) is 13.0. The number of aliphatic hydroxyl groups is 1. The summed E-state index contributed by atoms with van der Waals surface area (Å²) in [7, 11) is 1.61. The third-order valence-electron chi connectivity index (χ3n) is 3.63. The van der Waals surface area contributed by atoms with E-state index in [0.717, 1.165) is 5.69 Å². The standard InChI is InChI=1S/C14H24N2O2/c1-14(17,11-18-2)10-12-8-9-16(15-12)13-6-4-3-5-7-13/h8-9,13,17H,3-7,10-11H2,1-2H3.